The Bertz CT molecular complexity index is 145. The van der Waals surface area contributed by atoms with Crippen LogP contribution in [0.3, 0.4) is 0 Å². The third-order valence-corrected chi connectivity index (χ3v) is 2.25. The number of hydrogen-bond donors (Lipinski definition) is 0. The smallest absolute Gasteiger partial charge is 0.0548 e. The second-order valence-electron chi connectivity index (χ2n) is 4.12. The van der Waals surface area contributed by atoms with E-state index in [4.69, 9.17) is 0 Å². The van der Waals surface area contributed by atoms with Crippen LogP contribution >= 0.6 is 0 Å². The van der Waals surface area contributed by atoms with Crippen molar-refractivity contribution in [1.82, 2.24) is 0 Å². The highest BCUT2D eigenvalue weighted by molar-refractivity contribution is 5.82. The molecule has 0 unspecified atom stereocenters. The second kappa shape index (κ2) is 5.34. The molecular formula is C11H23N. The maximum absolute atomic E-state index is 4.68. The van der Waals surface area contributed by atoms with Crippen LogP contribution in [0.2, 0.25) is 0 Å². The summed E-state index contributed by atoms with van der Waals surface area (Å²) in [6.07, 6.45) is 4.82. The highest BCUT2D eigenvalue weighted by atomic mass is 14.8. The van der Waals surface area contributed by atoms with Gasteiger partial charge in [0.25, 0.3) is 0 Å². The van der Waals surface area contributed by atoms with Crippen molar-refractivity contribution in [2.45, 2.75) is 65.8 Å². The number of nitrogens with zero attached hydrogens (tertiary/aromatic N) is 1. The highest BCUT2D eigenvalue weighted by Gasteiger charge is 2.12. The lowest BCUT2D eigenvalue weighted by Gasteiger charge is -2.18. The van der Waals surface area contributed by atoms with E-state index in [-0.39, 0.29) is 5.54 Å². The maximum Gasteiger partial charge on any atom is 0.0548 e. The molecule has 0 amide bonds. The molecule has 0 aliphatic carbocycles. The molecule has 72 valence electrons. The van der Waals surface area contributed by atoms with Crippen LogP contribution in [0.25, 0.3) is 0 Å². The summed E-state index contributed by atoms with van der Waals surface area (Å²) in [5, 5.41) is 0. The van der Waals surface area contributed by atoms with Gasteiger partial charge in [-0.15, -0.1) is 0 Å². The van der Waals surface area contributed by atoms with Crippen LogP contribution in [0.5, 0.6) is 0 Å². The second-order valence-corrected chi connectivity index (χ2v) is 4.12. The van der Waals surface area contributed by atoms with Gasteiger partial charge in [-0.25, -0.2) is 0 Å². The molecule has 0 atom stereocenters. The van der Waals surface area contributed by atoms with Crippen molar-refractivity contribution in [3.8, 4) is 0 Å². The summed E-state index contributed by atoms with van der Waals surface area (Å²) in [5.41, 5.74) is 1.46. The Hall–Kier alpha value is -0.330. The van der Waals surface area contributed by atoms with Crippen molar-refractivity contribution in [1.29, 1.82) is 0 Å². The van der Waals surface area contributed by atoms with Crippen LogP contribution in [0.15, 0.2) is 4.99 Å². The number of rotatable bonds is 5. The zero-order chi connectivity index (χ0) is 9.61. The molecule has 0 aliphatic heterocycles. The van der Waals surface area contributed by atoms with Crippen molar-refractivity contribution in [2.75, 3.05) is 0 Å². The molecule has 0 aromatic rings. The topological polar surface area (TPSA) is 12.4 Å². The largest absolute Gasteiger partial charge is 0.288 e. The van der Waals surface area contributed by atoms with Gasteiger partial charge in [0, 0.05) is 5.71 Å². The Morgan fingerprint density at radius 1 is 1.25 bits per heavy atom. The van der Waals surface area contributed by atoms with Gasteiger partial charge in [0.05, 0.1) is 5.54 Å². The van der Waals surface area contributed by atoms with E-state index < -0.39 is 0 Å². The molecule has 12 heavy (non-hydrogen) atoms. The zero-order valence-corrected chi connectivity index (χ0v) is 9.28. The van der Waals surface area contributed by atoms with Crippen molar-refractivity contribution < 1.29 is 0 Å². The van der Waals surface area contributed by atoms with Crippen molar-refractivity contribution in [3.05, 3.63) is 0 Å². The van der Waals surface area contributed by atoms with Crippen LogP contribution in [0.4, 0.5) is 0 Å². The van der Waals surface area contributed by atoms with Gasteiger partial charge < -0.3 is 0 Å². The number of unbranched alkanes of at least 4 members (excludes halogenated alkanes) is 1. The predicted octanol–water partition coefficient (Wildman–Crippen LogP) is 3.83. The third-order valence-electron chi connectivity index (χ3n) is 2.25. The van der Waals surface area contributed by atoms with E-state index in [9.17, 15) is 0 Å². The monoisotopic (exact) mass is 169 g/mol. The van der Waals surface area contributed by atoms with E-state index in [1.165, 1.54) is 25.0 Å². The van der Waals surface area contributed by atoms with E-state index in [0.29, 0.717) is 0 Å². The van der Waals surface area contributed by atoms with Gasteiger partial charge in [-0.2, -0.15) is 0 Å². The summed E-state index contributed by atoms with van der Waals surface area (Å²) in [4.78, 5) is 4.68. The average molecular weight is 169 g/mol. The maximum atomic E-state index is 4.68. The highest BCUT2D eigenvalue weighted by Crippen LogP contribution is 2.14. The molecule has 0 saturated heterocycles. The molecule has 0 radical (unpaired) electrons. The van der Waals surface area contributed by atoms with Gasteiger partial charge in [-0.3, -0.25) is 4.99 Å². The minimum absolute atomic E-state index is 0.151. The first kappa shape index (κ1) is 11.7. The summed E-state index contributed by atoms with van der Waals surface area (Å²) >= 11 is 0. The lowest BCUT2D eigenvalue weighted by atomic mass is 10.0. The molecule has 0 aromatic carbocycles. The SMILES string of the molecule is CCCCC(C)=NC(C)(C)CC. The summed E-state index contributed by atoms with van der Waals surface area (Å²) in [6, 6.07) is 0. The van der Waals surface area contributed by atoms with E-state index >= 15 is 0 Å². The molecule has 0 fully saturated rings. The molecule has 0 rings (SSSR count). The predicted molar refractivity (Wildman–Crippen MR) is 57.0 cm³/mol. The average Bonchev–Trinajstić information content (AvgIpc) is 2.00. The molecule has 0 saturated carbocycles. The first-order chi connectivity index (χ1) is 5.52. The van der Waals surface area contributed by atoms with Crippen molar-refractivity contribution in [2.24, 2.45) is 4.99 Å². The summed E-state index contributed by atoms with van der Waals surface area (Å²) in [7, 11) is 0. The standard InChI is InChI=1S/C11H23N/c1-6-8-9-10(3)12-11(4,5)7-2/h6-9H2,1-5H3. The summed E-state index contributed by atoms with van der Waals surface area (Å²) in [5.74, 6) is 0. The fourth-order valence-corrected chi connectivity index (χ4v) is 1.08. The molecule has 0 N–H and O–H groups in total. The first-order valence-electron chi connectivity index (χ1n) is 5.07. The molecule has 0 aromatic heterocycles. The Morgan fingerprint density at radius 2 is 1.83 bits per heavy atom. The fourth-order valence-electron chi connectivity index (χ4n) is 1.08. The Morgan fingerprint density at radius 3 is 2.25 bits per heavy atom. The minimum atomic E-state index is 0.151. The summed E-state index contributed by atoms with van der Waals surface area (Å²) < 4.78 is 0. The molecule has 0 aliphatic rings. The van der Waals surface area contributed by atoms with Gasteiger partial charge >= 0.3 is 0 Å². The fraction of sp³-hybridized carbons (Fsp3) is 0.909. The number of hydrogen-bond acceptors (Lipinski definition) is 1. The molecular weight excluding hydrogens is 146 g/mol. The van der Waals surface area contributed by atoms with E-state index in [0.717, 1.165) is 6.42 Å². The Labute approximate surface area is 77.3 Å². The van der Waals surface area contributed by atoms with Crippen LogP contribution in [0.1, 0.15) is 60.3 Å². The zero-order valence-electron chi connectivity index (χ0n) is 9.28. The van der Waals surface area contributed by atoms with E-state index in [1.54, 1.807) is 0 Å². The molecule has 0 spiro atoms. The van der Waals surface area contributed by atoms with Crippen molar-refractivity contribution in [3.63, 3.8) is 0 Å². The van der Waals surface area contributed by atoms with Gasteiger partial charge in [0.1, 0.15) is 0 Å². The lowest BCUT2D eigenvalue weighted by molar-refractivity contribution is 0.503. The van der Waals surface area contributed by atoms with E-state index in [2.05, 4.69) is 39.6 Å². The minimum Gasteiger partial charge on any atom is -0.288 e. The number of aliphatic imine (C=N–C) groups is 1. The normalized spacial score (nSPS) is 13.6. The Kier molecular flexibility index (Phi) is 5.19. The first-order valence-corrected chi connectivity index (χ1v) is 5.07. The van der Waals surface area contributed by atoms with Crippen LogP contribution in [-0.4, -0.2) is 11.3 Å². The third kappa shape index (κ3) is 5.34. The van der Waals surface area contributed by atoms with Crippen LogP contribution in [0, 0.1) is 0 Å². The van der Waals surface area contributed by atoms with Crippen LogP contribution < -0.4 is 0 Å². The van der Waals surface area contributed by atoms with Gasteiger partial charge in [-0.1, -0.05) is 20.3 Å². The molecule has 1 heteroatoms. The quantitative estimate of drug-likeness (QED) is 0.555. The molecule has 0 bridgehead atoms. The van der Waals surface area contributed by atoms with Crippen molar-refractivity contribution >= 4 is 5.71 Å². The Balaban J connectivity index is 3.96. The molecule has 0 heterocycles. The molecule has 1 nitrogen and oxygen atoms in total. The van der Waals surface area contributed by atoms with Gasteiger partial charge in [-0.05, 0) is 40.0 Å². The van der Waals surface area contributed by atoms with Crippen LogP contribution in [-0.2, 0) is 0 Å². The lowest BCUT2D eigenvalue weighted by Crippen LogP contribution is -2.16. The van der Waals surface area contributed by atoms with Gasteiger partial charge in [0.2, 0.25) is 0 Å². The van der Waals surface area contributed by atoms with Gasteiger partial charge in [0.15, 0.2) is 0 Å². The van der Waals surface area contributed by atoms with E-state index in [1.807, 2.05) is 0 Å². The summed E-state index contributed by atoms with van der Waals surface area (Å²) in [6.45, 7) is 11.0.